The molecular weight excluding hydrogens is 380 g/mol. The summed E-state index contributed by atoms with van der Waals surface area (Å²) < 4.78 is 8.71. The Labute approximate surface area is 173 Å². The zero-order valence-electron chi connectivity index (χ0n) is 18.0. The molecule has 0 saturated carbocycles. The molecule has 1 atom stereocenters. The van der Waals surface area contributed by atoms with Crippen LogP contribution in [0.15, 0.2) is 42.9 Å². The van der Waals surface area contributed by atoms with Crippen LogP contribution in [0.5, 0.6) is 0 Å². The standard InChI is InChI=1S/C22H32N4O2Si/c1-22(2,3)29(4,5)28-17(11-12-27)13-26-14-18(16-9-7-6-8-10-16)19-20(23)24-15-25-21(19)26/h6-10,14-15,17,27H,11-13H2,1-5H3,(H2,23,24,25). The number of hydrogen-bond donors (Lipinski definition) is 2. The fourth-order valence-electron chi connectivity index (χ4n) is 3.27. The van der Waals surface area contributed by atoms with Gasteiger partial charge in [-0.1, -0.05) is 51.1 Å². The molecule has 2 aromatic heterocycles. The minimum absolute atomic E-state index is 0.0845. The summed E-state index contributed by atoms with van der Waals surface area (Å²) >= 11 is 0. The lowest BCUT2D eigenvalue weighted by atomic mass is 10.1. The monoisotopic (exact) mass is 412 g/mol. The number of hydrogen-bond acceptors (Lipinski definition) is 5. The van der Waals surface area contributed by atoms with Gasteiger partial charge in [0.25, 0.3) is 0 Å². The van der Waals surface area contributed by atoms with Crippen LogP contribution < -0.4 is 5.73 Å². The number of aliphatic hydroxyl groups is 1. The molecule has 7 heteroatoms. The highest BCUT2D eigenvalue weighted by Crippen LogP contribution is 2.38. The van der Waals surface area contributed by atoms with Crippen LogP contribution in [0.25, 0.3) is 22.2 Å². The summed E-state index contributed by atoms with van der Waals surface area (Å²) in [7, 11) is -1.98. The van der Waals surface area contributed by atoms with Gasteiger partial charge in [-0.2, -0.15) is 0 Å². The lowest BCUT2D eigenvalue weighted by Crippen LogP contribution is -2.45. The topological polar surface area (TPSA) is 86.2 Å². The second kappa shape index (κ2) is 8.26. The van der Waals surface area contributed by atoms with E-state index in [0.29, 0.717) is 18.8 Å². The van der Waals surface area contributed by atoms with Gasteiger partial charge in [0.1, 0.15) is 17.8 Å². The average molecular weight is 413 g/mol. The fraction of sp³-hybridized carbons (Fsp3) is 0.455. The van der Waals surface area contributed by atoms with Crippen LogP contribution >= 0.6 is 0 Å². The Morgan fingerprint density at radius 1 is 1.17 bits per heavy atom. The number of benzene rings is 1. The fourth-order valence-corrected chi connectivity index (χ4v) is 4.65. The highest BCUT2D eigenvalue weighted by molar-refractivity contribution is 6.74. The van der Waals surface area contributed by atoms with E-state index in [9.17, 15) is 5.11 Å². The van der Waals surface area contributed by atoms with Crippen molar-refractivity contribution in [3.05, 3.63) is 42.9 Å². The summed E-state index contributed by atoms with van der Waals surface area (Å²) in [6.07, 6.45) is 4.05. The molecule has 0 radical (unpaired) electrons. The molecule has 2 heterocycles. The zero-order valence-corrected chi connectivity index (χ0v) is 19.0. The number of aliphatic hydroxyl groups excluding tert-OH is 1. The Morgan fingerprint density at radius 3 is 2.48 bits per heavy atom. The van der Waals surface area contributed by atoms with Crippen molar-refractivity contribution in [1.82, 2.24) is 14.5 Å². The predicted octanol–water partition coefficient (Wildman–Crippen LogP) is 4.45. The first-order valence-corrected chi connectivity index (χ1v) is 13.0. The SMILES string of the molecule is CC(C)(C)[Si](C)(C)OC(CCO)Cn1cc(-c2ccccc2)c2c(N)ncnc21. The molecule has 0 aliphatic heterocycles. The van der Waals surface area contributed by atoms with Crippen LogP contribution in [0, 0.1) is 0 Å². The highest BCUT2D eigenvalue weighted by atomic mass is 28.4. The maximum absolute atomic E-state index is 9.64. The van der Waals surface area contributed by atoms with E-state index in [1.165, 1.54) is 6.33 Å². The minimum Gasteiger partial charge on any atom is -0.412 e. The number of nitrogens with two attached hydrogens (primary N) is 1. The number of rotatable bonds is 7. The Bertz CT molecular complexity index is 964. The van der Waals surface area contributed by atoms with Crippen molar-refractivity contribution in [2.45, 2.75) is 58.0 Å². The number of anilines is 1. The van der Waals surface area contributed by atoms with E-state index < -0.39 is 8.32 Å². The van der Waals surface area contributed by atoms with Gasteiger partial charge in [-0.25, -0.2) is 9.97 Å². The maximum Gasteiger partial charge on any atom is 0.192 e. The third-order valence-electron chi connectivity index (χ3n) is 5.89. The second-order valence-corrected chi connectivity index (χ2v) is 13.8. The van der Waals surface area contributed by atoms with Gasteiger partial charge in [-0.15, -0.1) is 0 Å². The van der Waals surface area contributed by atoms with Crippen LogP contribution in [0.3, 0.4) is 0 Å². The molecular formula is C22H32N4O2Si. The van der Waals surface area contributed by atoms with E-state index >= 15 is 0 Å². The third kappa shape index (κ3) is 4.52. The highest BCUT2D eigenvalue weighted by Gasteiger charge is 2.39. The molecule has 0 bridgehead atoms. The normalized spacial score (nSPS) is 13.7. The van der Waals surface area contributed by atoms with E-state index in [0.717, 1.165) is 22.2 Å². The summed E-state index contributed by atoms with van der Waals surface area (Å²) in [4.78, 5) is 8.71. The first kappa shape index (κ1) is 21.5. The van der Waals surface area contributed by atoms with Crippen molar-refractivity contribution < 1.29 is 9.53 Å². The van der Waals surface area contributed by atoms with Gasteiger partial charge in [0, 0.05) is 24.9 Å². The molecule has 0 aliphatic carbocycles. The van der Waals surface area contributed by atoms with Crippen molar-refractivity contribution in [3.8, 4) is 11.1 Å². The van der Waals surface area contributed by atoms with Gasteiger partial charge in [0.05, 0.1) is 11.5 Å². The van der Waals surface area contributed by atoms with Gasteiger partial charge < -0.3 is 19.8 Å². The number of aromatic nitrogens is 3. The zero-order chi connectivity index (χ0) is 21.2. The van der Waals surface area contributed by atoms with Crippen LogP contribution in [0.4, 0.5) is 5.82 Å². The number of fused-ring (bicyclic) bond motifs is 1. The van der Waals surface area contributed by atoms with Gasteiger partial charge in [0.2, 0.25) is 0 Å². The van der Waals surface area contributed by atoms with Crippen LogP contribution in [0.1, 0.15) is 27.2 Å². The van der Waals surface area contributed by atoms with Crippen molar-refractivity contribution >= 4 is 25.2 Å². The summed E-state index contributed by atoms with van der Waals surface area (Å²) in [5, 5.41) is 10.6. The molecule has 3 N–H and O–H groups in total. The quantitative estimate of drug-likeness (QED) is 0.560. The summed E-state index contributed by atoms with van der Waals surface area (Å²) in [6.45, 7) is 11.8. The predicted molar refractivity (Wildman–Crippen MR) is 121 cm³/mol. The largest absolute Gasteiger partial charge is 0.412 e. The van der Waals surface area contributed by atoms with Crippen LogP contribution in [-0.2, 0) is 11.0 Å². The lowest BCUT2D eigenvalue weighted by Gasteiger charge is -2.39. The summed E-state index contributed by atoms with van der Waals surface area (Å²) in [5.41, 5.74) is 9.10. The molecule has 3 rings (SSSR count). The minimum atomic E-state index is -1.98. The van der Waals surface area contributed by atoms with Crippen molar-refractivity contribution in [3.63, 3.8) is 0 Å². The molecule has 1 aromatic carbocycles. The molecule has 0 aliphatic rings. The molecule has 0 saturated heterocycles. The molecule has 0 fully saturated rings. The lowest BCUT2D eigenvalue weighted by molar-refractivity contribution is 0.125. The van der Waals surface area contributed by atoms with Gasteiger partial charge in [0.15, 0.2) is 8.32 Å². The van der Waals surface area contributed by atoms with E-state index in [4.69, 9.17) is 10.2 Å². The van der Waals surface area contributed by atoms with E-state index in [1.54, 1.807) is 0 Å². The van der Waals surface area contributed by atoms with E-state index in [1.807, 2.05) is 18.2 Å². The molecule has 1 unspecified atom stereocenters. The van der Waals surface area contributed by atoms with Crippen LogP contribution in [-0.4, -0.2) is 40.7 Å². The Morgan fingerprint density at radius 2 is 1.86 bits per heavy atom. The number of nitrogens with zero attached hydrogens (tertiary/aromatic N) is 3. The van der Waals surface area contributed by atoms with Crippen LogP contribution in [0.2, 0.25) is 18.1 Å². The maximum atomic E-state index is 9.64. The molecule has 29 heavy (non-hydrogen) atoms. The smallest absolute Gasteiger partial charge is 0.192 e. The summed E-state index contributed by atoms with van der Waals surface area (Å²) in [5.74, 6) is 0.469. The van der Waals surface area contributed by atoms with Gasteiger partial charge in [-0.05, 0) is 30.1 Å². The Hall–Kier alpha value is -2.22. The van der Waals surface area contributed by atoms with Gasteiger partial charge in [-0.3, -0.25) is 0 Å². The van der Waals surface area contributed by atoms with Crippen molar-refractivity contribution in [2.24, 2.45) is 0 Å². The first-order chi connectivity index (χ1) is 13.6. The van der Waals surface area contributed by atoms with E-state index in [2.05, 4.69) is 66.7 Å². The molecule has 0 spiro atoms. The van der Waals surface area contributed by atoms with E-state index in [-0.39, 0.29) is 17.7 Å². The van der Waals surface area contributed by atoms with Crippen molar-refractivity contribution in [1.29, 1.82) is 0 Å². The van der Waals surface area contributed by atoms with Gasteiger partial charge >= 0.3 is 0 Å². The Balaban J connectivity index is 2.02. The van der Waals surface area contributed by atoms with Crippen molar-refractivity contribution in [2.75, 3.05) is 12.3 Å². The summed E-state index contributed by atoms with van der Waals surface area (Å²) in [6, 6.07) is 10.1. The second-order valence-electron chi connectivity index (χ2n) is 9.03. The molecule has 3 aromatic rings. The average Bonchev–Trinajstić information content (AvgIpc) is 3.01. The Kier molecular flexibility index (Phi) is 6.12. The molecule has 0 amide bonds. The first-order valence-electron chi connectivity index (χ1n) is 10.1. The third-order valence-corrected chi connectivity index (χ3v) is 10.4. The molecule has 6 nitrogen and oxygen atoms in total. The molecule has 156 valence electrons. The number of nitrogen functional groups attached to an aromatic ring is 1.